The Bertz CT molecular complexity index is 1140. The van der Waals surface area contributed by atoms with Crippen LogP contribution in [0.15, 0.2) is 24.7 Å². The van der Waals surface area contributed by atoms with Gasteiger partial charge in [-0.3, -0.25) is 4.68 Å². The molecule has 0 bridgehead atoms. The molecule has 0 saturated carbocycles. The molecule has 1 fully saturated rings. The molecule has 2 aliphatic heterocycles. The molecule has 2 atom stereocenters. The minimum absolute atomic E-state index is 0.0363. The van der Waals surface area contributed by atoms with Crippen molar-refractivity contribution in [3.63, 3.8) is 0 Å². The minimum Gasteiger partial charge on any atom is -0.479 e. The highest BCUT2D eigenvalue weighted by Gasteiger charge is 2.26. The standard InChI is InChI=1S/C24H31FN6O3/c1-16(32)12-29-6-3-17(13-29)14-30-15-18(10-27-30)23-20-4-7-34-8-5-22(20)31(28-23)19-9-21(25)24(33-2)26-11-19/h9-11,15-17,32H,3-8,12-14H2,1-2H3/t16-,17?/m0/s1. The van der Waals surface area contributed by atoms with E-state index < -0.39 is 5.82 Å². The van der Waals surface area contributed by atoms with Crippen molar-refractivity contribution < 1.29 is 19.0 Å². The molecule has 3 aromatic heterocycles. The number of rotatable bonds is 7. The molecular weight excluding hydrogens is 439 g/mol. The van der Waals surface area contributed by atoms with Crippen molar-refractivity contribution in [2.75, 3.05) is 40.0 Å². The van der Waals surface area contributed by atoms with Gasteiger partial charge in [-0.1, -0.05) is 0 Å². The van der Waals surface area contributed by atoms with Crippen molar-refractivity contribution in [1.82, 2.24) is 29.4 Å². The fraction of sp³-hybridized carbons (Fsp3) is 0.542. The molecule has 10 heteroatoms. The number of aliphatic hydroxyl groups is 1. The Labute approximate surface area is 198 Å². The van der Waals surface area contributed by atoms with Gasteiger partial charge < -0.3 is 19.5 Å². The monoisotopic (exact) mass is 470 g/mol. The molecule has 182 valence electrons. The zero-order valence-corrected chi connectivity index (χ0v) is 19.7. The van der Waals surface area contributed by atoms with Crippen LogP contribution in [0, 0.1) is 11.7 Å². The van der Waals surface area contributed by atoms with Gasteiger partial charge in [0.05, 0.1) is 55.9 Å². The van der Waals surface area contributed by atoms with E-state index in [0.717, 1.165) is 55.0 Å². The van der Waals surface area contributed by atoms with Crippen molar-refractivity contribution >= 4 is 0 Å². The third-order valence-corrected chi connectivity index (χ3v) is 6.54. The highest BCUT2D eigenvalue weighted by molar-refractivity contribution is 5.64. The summed E-state index contributed by atoms with van der Waals surface area (Å²) in [5.74, 6) is -0.0571. The van der Waals surface area contributed by atoms with Crippen molar-refractivity contribution in [1.29, 1.82) is 0 Å². The van der Waals surface area contributed by atoms with Gasteiger partial charge in [0.25, 0.3) is 0 Å². The maximum absolute atomic E-state index is 14.4. The first-order valence-corrected chi connectivity index (χ1v) is 11.8. The van der Waals surface area contributed by atoms with E-state index in [-0.39, 0.29) is 12.0 Å². The number of ether oxygens (including phenoxy) is 2. The Balaban J connectivity index is 1.41. The summed E-state index contributed by atoms with van der Waals surface area (Å²) in [6, 6.07) is 1.40. The van der Waals surface area contributed by atoms with Crippen LogP contribution in [0.2, 0.25) is 0 Å². The van der Waals surface area contributed by atoms with Crippen LogP contribution in [-0.2, 0) is 24.1 Å². The highest BCUT2D eigenvalue weighted by atomic mass is 19.1. The highest BCUT2D eigenvalue weighted by Crippen LogP contribution is 2.31. The third kappa shape index (κ3) is 4.70. The van der Waals surface area contributed by atoms with Gasteiger partial charge in [0.1, 0.15) is 0 Å². The predicted molar refractivity (Wildman–Crippen MR) is 124 cm³/mol. The van der Waals surface area contributed by atoms with Crippen LogP contribution in [0.5, 0.6) is 5.88 Å². The molecule has 1 unspecified atom stereocenters. The first kappa shape index (κ1) is 22.9. The number of β-amino-alcohol motifs (C(OH)–C–C–N with tert-alkyl or cyclic N) is 1. The lowest BCUT2D eigenvalue weighted by Crippen LogP contribution is -2.29. The molecule has 3 aromatic rings. The number of fused-ring (bicyclic) bond motifs is 1. The largest absolute Gasteiger partial charge is 0.479 e. The zero-order chi connectivity index (χ0) is 23.7. The number of aromatic nitrogens is 5. The predicted octanol–water partition coefficient (Wildman–Crippen LogP) is 2.10. The molecule has 1 saturated heterocycles. The molecule has 0 aromatic carbocycles. The second-order valence-corrected chi connectivity index (χ2v) is 9.20. The summed E-state index contributed by atoms with van der Waals surface area (Å²) >= 11 is 0. The number of halogens is 1. The molecule has 0 aliphatic carbocycles. The number of pyridine rings is 1. The van der Waals surface area contributed by atoms with Crippen LogP contribution in [0.4, 0.5) is 4.39 Å². The van der Waals surface area contributed by atoms with E-state index in [1.165, 1.54) is 13.2 Å². The molecule has 9 nitrogen and oxygen atoms in total. The first-order valence-electron chi connectivity index (χ1n) is 11.8. The molecule has 0 amide bonds. The Morgan fingerprint density at radius 3 is 2.94 bits per heavy atom. The van der Waals surface area contributed by atoms with Gasteiger partial charge in [0, 0.05) is 49.4 Å². The zero-order valence-electron chi connectivity index (χ0n) is 19.7. The molecule has 5 heterocycles. The number of aliphatic hydroxyl groups excluding tert-OH is 1. The normalized spacial score (nSPS) is 19.7. The Hall–Kier alpha value is -2.82. The molecule has 5 rings (SSSR count). The van der Waals surface area contributed by atoms with Crippen molar-refractivity contribution in [2.45, 2.75) is 38.8 Å². The van der Waals surface area contributed by atoms with Gasteiger partial charge in [-0.2, -0.15) is 10.2 Å². The minimum atomic E-state index is -0.523. The fourth-order valence-electron chi connectivity index (χ4n) is 5.03. The smallest absolute Gasteiger partial charge is 0.250 e. The van der Waals surface area contributed by atoms with E-state index in [4.69, 9.17) is 14.6 Å². The topological polar surface area (TPSA) is 90.5 Å². The van der Waals surface area contributed by atoms with Crippen LogP contribution >= 0.6 is 0 Å². The first-order chi connectivity index (χ1) is 16.5. The summed E-state index contributed by atoms with van der Waals surface area (Å²) in [6.07, 6.45) is 7.69. The SMILES string of the molecule is COc1ncc(-n2nc(-c3cnn(CC4CCN(C[C@H](C)O)C4)c3)c3c2CCOCC3)cc1F. The van der Waals surface area contributed by atoms with Crippen LogP contribution in [0.3, 0.4) is 0 Å². The maximum atomic E-state index is 14.4. The average molecular weight is 471 g/mol. The molecule has 0 radical (unpaired) electrons. The molecule has 34 heavy (non-hydrogen) atoms. The molecule has 1 N–H and O–H groups in total. The Kier molecular flexibility index (Phi) is 6.62. The van der Waals surface area contributed by atoms with E-state index >= 15 is 0 Å². The Morgan fingerprint density at radius 2 is 2.15 bits per heavy atom. The number of methoxy groups -OCH3 is 1. The second kappa shape index (κ2) is 9.81. The van der Waals surface area contributed by atoms with E-state index in [1.807, 2.05) is 24.0 Å². The van der Waals surface area contributed by atoms with E-state index in [0.29, 0.717) is 37.8 Å². The summed E-state index contributed by atoms with van der Waals surface area (Å²) in [5.41, 5.74) is 4.47. The lowest BCUT2D eigenvalue weighted by atomic mass is 10.0. The van der Waals surface area contributed by atoms with Crippen LogP contribution in [0.1, 0.15) is 24.6 Å². The Morgan fingerprint density at radius 1 is 1.29 bits per heavy atom. The number of hydrogen-bond acceptors (Lipinski definition) is 7. The number of nitrogens with zero attached hydrogens (tertiary/aromatic N) is 6. The van der Waals surface area contributed by atoms with Gasteiger partial charge in [0.2, 0.25) is 5.88 Å². The van der Waals surface area contributed by atoms with Crippen LogP contribution in [-0.4, -0.2) is 80.6 Å². The van der Waals surface area contributed by atoms with Gasteiger partial charge in [-0.15, -0.1) is 0 Å². The number of likely N-dealkylation sites (tertiary alicyclic amines) is 1. The lowest BCUT2D eigenvalue weighted by Gasteiger charge is -2.17. The summed E-state index contributed by atoms with van der Waals surface area (Å²) in [7, 11) is 1.40. The lowest BCUT2D eigenvalue weighted by molar-refractivity contribution is 0.138. The average Bonchev–Trinajstić information content (AvgIpc) is 3.49. The maximum Gasteiger partial charge on any atom is 0.250 e. The van der Waals surface area contributed by atoms with Crippen LogP contribution in [0.25, 0.3) is 16.9 Å². The van der Waals surface area contributed by atoms with Crippen LogP contribution < -0.4 is 4.74 Å². The summed E-state index contributed by atoms with van der Waals surface area (Å²) in [5, 5.41) is 19.2. The quantitative estimate of drug-likeness (QED) is 0.566. The summed E-state index contributed by atoms with van der Waals surface area (Å²) < 4.78 is 28.8. The second-order valence-electron chi connectivity index (χ2n) is 9.20. The van der Waals surface area contributed by atoms with Gasteiger partial charge in [-0.25, -0.2) is 14.1 Å². The molecular formula is C24H31FN6O3. The van der Waals surface area contributed by atoms with Gasteiger partial charge in [-0.05, 0) is 32.2 Å². The number of hydrogen-bond donors (Lipinski definition) is 1. The van der Waals surface area contributed by atoms with Crippen molar-refractivity contribution in [3.8, 4) is 22.8 Å². The van der Waals surface area contributed by atoms with E-state index in [9.17, 15) is 9.50 Å². The summed E-state index contributed by atoms with van der Waals surface area (Å²) in [6.45, 7) is 6.57. The summed E-state index contributed by atoms with van der Waals surface area (Å²) in [4.78, 5) is 6.40. The fourth-order valence-corrected chi connectivity index (χ4v) is 5.03. The third-order valence-electron chi connectivity index (χ3n) is 6.54. The van der Waals surface area contributed by atoms with E-state index in [2.05, 4.69) is 15.0 Å². The van der Waals surface area contributed by atoms with Crippen molar-refractivity contribution in [2.24, 2.45) is 5.92 Å². The van der Waals surface area contributed by atoms with Gasteiger partial charge >= 0.3 is 0 Å². The molecule has 0 spiro atoms. The molecule has 2 aliphatic rings. The van der Waals surface area contributed by atoms with E-state index in [1.54, 1.807) is 10.9 Å². The van der Waals surface area contributed by atoms with Gasteiger partial charge in [0.15, 0.2) is 5.82 Å². The van der Waals surface area contributed by atoms with Crippen molar-refractivity contribution in [3.05, 3.63) is 41.7 Å².